The van der Waals surface area contributed by atoms with Crippen molar-refractivity contribution in [2.24, 2.45) is 23.3 Å². The molecular weight excluding hydrogens is 683 g/mol. The van der Waals surface area contributed by atoms with E-state index in [1.54, 1.807) is 24.3 Å². The molecule has 280 valence electrons. The number of amides is 2. The Morgan fingerprint density at radius 1 is 0.700 bits per heavy atom. The standard InChI is InChI=1S/C38H56Cl2N2O8/c1-4-5-13-24-14-8-6-11-22(2)36(50-38(42)48)27-20-30(45)34(31(46)21-27)25(16-10-17-32(39)40)15-9-7-12-23(3)35(49-37(41)47)26-18-28(43)33(24)29(44)19-26/h18-25,32,35-36,43-46H,4-17H2,1-3H3,(H2,41,47)(H2,42,48)/t22-,23-,24-,25-,35+,36+/m0/s1. The minimum absolute atomic E-state index is 0.0431. The summed E-state index contributed by atoms with van der Waals surface area (Å²) in [4.78, 5) is 23.4. The maximum atomic E-state index is 12.0. The molecule has 2 amide bonds. The van der Waals surface area contributed by atoms with E-state index < -0.39 is 29.2 Å². The number of phenols is 4. The molecule has 6 rings (SSSR count). The van der Waals surface area contributed by atoms with Crippen LogP contribution in [0.5, 0.6) is 23.0 Å². The molecular formula is C38H56Cl2N2O8. The van der Waals surface area contributed by atoms with Gasteiger partial charge in [-0.25, -0.2) is 9.59 Å². The van der Waals surface area contributed by atoms with Crippen LogP contribution in [0.2, 0.25) is 0 Å². The van der Waals surface area contributed by atoms with Crippen molar-refractivity contribution in [3.05, 3.63) is 46.5 Å². The molecule has 0 unspecified atom stereocenters. The summed E-state index contributed by atoms with van der Waals surface area (Å²) in [6, 6.07) is 6.24. The van der Waals surface area contributed by atoms with E-state index in [1.807, 2.05) is 13.8 Å². The van der Waals surface area contributed by atoms with Crippen LogP contribution in [-0.2, 0) is 9.47 Å². The van der Waals surface area contributed by atoms with Crippen molar-refractivity contribution in [1.82, 2.24) is 0 Å². The molecule has 10 nitrogen and oxygen atoms in total. The zero-order valence-electron chi connectivity index (χ0n) is 29.6. The van der Waals surface area contributed by atoms with E-state index in [9.17, 15) is 30.0 Å². The number of unbranched alkanes of at least 4 members (excludes halogenated alkanes) is 1. The normalized spacial score (nSPS) is 24.0. The summed E-state index contributed by atoms with van der Waals surface area (Å²) in [5.74, 6) is -1.01. The van der Waals surface area contributed by atoms with Gasteiger partial charge < -0.3 is 41.4 Å². The zero-order chi connectivity index (χ0) is 37.0. The molecule has 0 radical (unpaired) electrons. The Hall–Kier alpha value is -3.24. The van der Waals surface area contributed by atoms with Gasteiger partial charge in [-0.15, -0.1) is 23.2 Å². The van der Waals surface area contributed by atoms with E-state index in [1.165, 1.54) is 0 Å². The minimum atomic E-state index is -0.951. The van der Waals surface area contributed by atoms with Crippen molar-refractivity contribution in [2.75, 3.05) is 0 Å². The fraction of sp³-hybridized carbons (Fsp3) is 0.632. The molecule has 0 aromatic heterocycles. The molecule has 0 aliphatic heterocycles. The van der Waals surface area contributed by atoms with E-state index in [4.69, 9.17) is 44.1 Å². The number of rotatable bonds is 9. The number of carbonyl (C=O) groups is 2. The molecule has 0 fully saturated rings. The van der Waals surface area contributed by atoms with Crippen molar-refractivity contribution >= 4 is 35.4 Å². The Labute approximate surface area is 306 Å². The Morgan fingerprint density at radius 3 is 1.40 bits per heavy atom. The van der Waals surface area contributed by atoms with Gasteiger partial charge in [-0.05, 0) is 92.9 Å². The van der Waals surface area contributed by atoms with Gasteiger partial charge in [0.15, 0.2) is 0 Å². The van der Waals surface area contributed by atoms with Crippen molar-refractivity contribution in [2.45, 2.75) is 140 Å². The highest BCUT2D eigenvalue weighted by Crippen LogP contribution is 2.46. The SMILES string of the molecule is CCCC[C@H]1CCCC[C@H](C)[C@@H](OC(N)=O)c2cc(O)c(c(O)c2)[C@H](CCCC(Cl)Cl)CCCC[C@H](C)[C@@H](OC(N)=O)c2cc(O)c1c(O)c2. The van der Waals surface area contributed by atoms with Gasteiger partial charge >= 0.3 is 12.2 Å². The van der Waals surface area contributed by atoms with Gasteiger partial charge in [0.1, 0.15) is 40.0 Å². The molecule has 12 heteroatoms. The topological polar surface area (TPSA) is 186 Å². The highest BCUT2D eigenvalue weighted by molar-refractivity contribution is 6.44. The lowest BCUT2D eigenvalue weighted by Gasteiger charge is -2.28. The van der Waals surface area contributed by atoms with Gasteiger partial charge in [0.25, 0.3) is 0 Å². The number of aromatic hydroxyl groups is 4. The van der Waals surface area contributed by atoms with Gasteiger partial charge in [0.2, 0.25) is 0 Å². The van der Waals surface area contributed by atoms with Crippen LogP contribution >= 0.6 is 23.2 Å². The third-order valence-corrected chi connectivity index (χ3v) is 10.6. The summed E-state index contributed by atoms with van der Waals surface area (Å²) in [6.45, 7) is 5.95. The molecule has 4 aliphatic rings. The average Bonchev–Trinajstić information content (AvgIpc) is 3.02. The summed E-state index contributed by atoms with van der Waals surface area (Å²) in [5.41, 5.74) is 12.7. The van der Waals surface area contributed by atoms with Crippen LogP contribution in [0.15, 0.2) is 24.3 Å². The lowest BCUT2D eigenvalue weighted by Crippen LogP contribution is -2.22. The Kier molecular flexibility index (Phi) is 16.4. The van der Waals surface area contributed by atoms with Crippen molar-refractivity contribution in [1.29, 1.82) is 0 Å². The largest absolute Gasteiger partial charge is 0.508 e. The van der Waals surface area contributed by atoms with Crippen molar-refractivity contribution < 1.29 is 39.5 Å². The molecule has 8 N–H and O–H groups in total. The first-order chi connectivity index (χ1) is 23.7. The fourth-order valence-electron chi connectivity index (χ4n) is 7.58. The summed E-state index contributed by atoms with van der Waals surface area (Å²) in [6.07, 6.45) is 6.48. The first kappa shape index (κ1) is 41.2. The zero-order valence-corrected chi connectivity index (χ0v) is 31.1. The number of ether oxygens (including phenoxy) is 2. The van der Waals surface area contributed by atoms with Gasteiger partial charge in [-0.1, -0.05) is 65.7 Å². The molecule has 0 saturated heterocycles. The van der Waals surface area contributed by atoms with Crippen LogP contribution in [0.1, 0.15) is 157 Å². The number of alkyl halides is 2. The number of carbonyl (C=O) groups excluding carboxylic acids is 2. The summed E-state index contributed by atoms with van der Waals surface area (Å²) >= 11 is 12.0. The number of hydrogen-bond donors (Lipinski definition) is 6. The molecule has 4 aliphatic carbocycles. The maximum Gasteiger partial charge on any atom is 0.405 e. The van der Waals surface area contributed by atoms with Crippen LogP contribution in [-0.4, -0.2) is 37.4 Å². The van der Waals surface area contributed by atoms with E-state index in [-0.39, 0.29) is 46.7 Å². The summed E-state index contributed by atoms with van der Waals surface area (Å²) in [5, 5.41) is 45.2. The van der Waals surface area contributed by atoms with Gasteiger partial charge in [-0.3, -0.25) is 0 Å². The Morgan fingerprint density at radius 2 is 1.06 bits per heavy atom. The highest BCUT2D eigenvalue weighted by atomic mass is 35.5. The number of halogens is 2. The average molecular weight is 740 g/mol. The Balaban J connectivity index is 2.04. The highest BCUT2D eigenvalue weighted by Gasteiger charge is 2.30. The van der Waals surface area contributed by atoms with Crippen LogP contribution in [0.3, 0.4) is 0 Å². The lowest BCUT2D eigenvalue weighted by atomic mass is 9.83. The van der Waals surface area contributed by atoms with Crippen molar-refractivity contribution in [3.63, 3.8) is 0 Å². The third kappa shape index (κ3) is 11.9. The van der Waals surface area contributed by atoms with Gasteiger partial charge in [-0.2, -0.15) is 0 Å². The molecule has 4 bridgehead atoms. The van der Waals surface area contributed by atoms with E-state index in [0.717, 1.165) is 32.1 Å². The predicted molar refractivity (Wildman–Crippen MR) is 196 cm³/mol. The minimum Gasteiger partial charge on any atom is -0.508 e. The van der Waals surface area contributed by atoms with E-state index >= 15 is 0 Å². The molecule has 0 spiro atoms. The second kappa shape index (κ2) is 20.0. The number of phenolic OH excluding ortho intramolecular Hbond substituents is 4. The molecule has 0 saturated carbocycles. The van der Waals surface area contributed by atoms with Crippen LogP contribution < -0.4 is 11.5 Å². The van der Waals surface area contributed by atoms with Gasteiger partial charge in [0.05, 0.1) is 0 Å². The fourth-order valence-corrected chi connectivity index (χ4v) is 7.89. The molecule has 6 atom stereocenters. The number of nitrogens with two attached hydrogens (primary N) is 2. The van der Waals surface area contributed by atoms with E-state index in [0.29, 0.717) is 80.0 Å². The number of hydrogen-bond acceptors (Lipinski definition) is 8. The lowest BCUT2D eigenvalue weighted by molar-refractivity contribution is 0.0683. The van der Waals surface area contributed by atoms with Crippen LogP contribution in [0, 0.1) is 11.8 Å². The molecule has 2 aromatic rings. The summed E-state index contributed by atoms with van der Waals surface area (Å²) in [7, 11) is 0. The quantitative estimate of drug-likeness (QED) is 0.137. The second-order valence-corrected chi connectivity index (χ2v) is 15.3. The number of benzene rings is 2. The first-order valence-corrected chi connectivity index (χ1v) is 18.9. The Bertz CT molecular complexity index is 1360. The predicted octanol–water partition coefficient (Wildman–Crippen LogP) is 10.2. The van der Waals surface area contributed by atoms with Crippen LogP contribution in [0.25, 0.3) is 0 Å². The molecule has 2 aromatic carbocycles. The van der Waals surface area contributed by atoms with Gasteiger partial charge in [0, 0.05) is 22.3 Å². The van der Waals surface area contributed by atoms with Crippen LogP contribution in [0.4, 0.5) is 9.59 Å². The molecule has 50 heavy (non-hydrogen) atoms. The molecule has 0 heterocycles. The monoisotopic (exact) mass is 738 g/mol. The first-order valence-electron chi connectivity index (χ1n) is 18.0. The smallest absolute Gasteiger partial charge is 0.405 e. The number of primary amides is 2. The maximum absolute atomic E-state index is 12.0. The van der Waals surface area contributed by atoms with E-state index in [2.05, 4.69) is 6.92 Å². The summed E-state index contributed by atoms with van der Waals surface area (Å²) < 4.78 is 11.1. The van der Waals surface area contributed by atoms with Crippen molar-refractivity contribution in [3.8, 4) is 23.0 Å². The third-order valence-electron chi connectivity index (χ3n) is 10.1. The second-order valence-electron chi connectivity index (χ2n) is 14.0.